The van der Waals surface area contributed by atoms with Crippen molar-refractivity contribution in [2.75, 3.05) is 19.0 Å². The van der Waals surface area contributed by atoms with Gasteiger partial charge >= 0.3 is 6.01 Å². The third kappa shape index (κ3) is 3.20. The first kappa shape index (κ1) is 13.3. The fourth-order valence-corrected chi connectivity index (χ4v) is 1.95. The van der Waals surface area contributed by atoms with Crippen molar-refractivity contribution in [2.24, 2.45) is 0 Å². The highest BCUT2D eigenvalue weighted by molar-refractivity contribution is 5.19. The molecule has 0 amide bonds. The highest BCUT2D eigenvalue weighted by atomic mass is 16.5. The first-order chi connectivity index (χ1) is 8.63. The first-order valence-electron chi connectivity index (χ1n) is 6.48. The maximum absolute atomic E-state index is 5.52. The van der Waals surface area contributed by atoms with E-state index in [2.05, 4.69) is 34.7 Å². The molecule has 2 rings (SSSR count). The lowest BCUT2D eigenvalue weighted by Crippen LogP contribution is -2.45. The number of anilines is 1. The van der Waals surface area contributed by atoms with Gasteiger partial charge < -0.3 is 19.8 Å². The molecule has 1 aliphatic carbocycles. The highest BCUT2D eigenvalue weighted by Gasteiger charge is 2.37. The van der Waals surface area contributed by atoms with E-state index in [9.17, 15) is 0 Å². The molecule has 1 saturated carbocycles. The van der Waals surface area contributed by atoms with E-state index in [4.69, 9.17) is 9.15 Å². The lowest BCUT2D eigenvalue weighted by molar-refractivity contribution is -0.0604. The van der Waals surface area contributed by atoms with Crippen molar-refractivity contribution >= 4 is 6.01 Å². The minimum absolute atomic E-state index is 0.0369. The van der Waals surface area contributed by atoms with E-state index in [1.54, 1.807) is 7.11 Å². The van der Waals surface area contributed by atoms with Crippen molar-refractivity contribution in [3.8, 4) is 0 Å². The second kappa shape index (κ2) is 5.67. The Labute approximate surface area is 107 Å². The average Bonchev–Trinajstić information content (AvgIpc) is 2.74. The molecule has 18 heavy (non-hydrogen) atoms. The summed E-state index contributed by atoms with van der Waals surface area (Å²) in [5, 5.41) is 14.3. The minimum atomic E-state index is -0.0369. The number of ether oxygens (including phenoxy) is 1. The molecule has 1 heterocycles. The predicted molar refractivity (Wildman–Crippen MR) is 68.4 cm³/mol. The standard InChI is InChI=1S/C12H22N4O2/c1-9(2)13-7-10-15-16-11(18-10)14-8-12(17-3)5-4-6-12/h9,13H,4-8H2,1-3H3,(H,14,16). The largest absolute Gasteiger partial charge is 0.407 e. The lowest BCUT2D eigenvalue weighted by atomic mass is 9.80. The normalized spacial score (nSPS) is 17.8. The molecule has 0 radical (unpaired) electrons. The summed E-state index contributed by atoms with van der Waals surface area (Å²) in [6.45, 7) is 5.48. The van der Waals surface area contributed by atoms with Gasteiger partial charge in [0.2, 0.25) is 5.89 Å². The van der Waals surface area contributed by atoms with Gasteiger partial charge in [0.15, 0.2) is 0 Å². The molecule has 0 aliphatic heterocycles. The van der Waals surface area contributed by atoms with E-state index in [0.29, 0.717) is 24.5 Å². The number of methoxy groups -OCH3 is 1. The summed E-state index contributed by atoms with van der Waals surface area (Å²) in [7, 11) is 1.76. The Hall–Kier alpha value is -1.14. The molecule has 1 aliphatic rings. The van der Waals surface area contributed by atoms with Crippen molar-refractivity contribution in [1.29, 1.82) is 0 Å². The van der Waals surface area contributed by atoms with Crippen LogP contribution in [-0.4, -0.2) is 35.5 Å². The summed E-state index contributed by atoms with van der Waals surface area (Å²) in [5.74, 6) is 0.603. The SMILES string of the molecule is COC1(CNc2nnc(CNC(C)C)o2)CCC1. The molecule has 0 aromatic carbocycles. The molecule has 1 aromatic rings. The Balaban J connectivity index is 1.79. The summed E-state index contributed by atoms with van der Waals surface area (Å²) >= 11 is 0. The van der Waals surface area contributed by atoms with Gasteiger partial charge in [-0.15, -0.1) is 5.10 Å². The Kier molecular flexibility index (Phi) is 4.19. The maximum atomic E-state index is 5.52. The van der Waals surface area contributed by atoms with Crippen LogP contribution < -0.4 is 10.6 Å². The van der Waals surface area contributed by atoms with Gasteiger partial charge in [0.05, 0.1) is 12.1 Å². The van der Waals surface area contributed by atoms with E-state index in [0.717, 1.165) is 19.4 Å². The number of hydrogen-bond acceptors (Lipinski definition) is 6. The van der Waals surface area contributed by atoms with E-state index in [1.165, 1.54) is 6.42 Å². The van der Waals surface area contributed by atoms with E-state index in [1.807, 2.05) is 0 Å². The zero-order chi connectivity index (χ0) is 13.0. The maximum Gasteiger partial charge on any atom is 0.315 e. The summed E-state index contributed by atoms with van der Waals surface area (Å²) < 4.78 is 11.0. The topological polar surface area (TPSA) is 72.2 Å². The van der Waals surface area contributed by atoms with Crippen LogP contribution in [0.1, 0.15) is 39.0 Å². The third-order valence-corrected chi connectivity index (χ3v) is 3.39. The van der Waals surface area contributed by atoms with E-state index in [-0.39, 0.29) is 5.60 Å². The van der Waals surface area contributed by atoms with Crippen molar-refractivity contribution in [3.05, 3.63) is 5.89 Å². The zero-order valence-electron chi connectivity index (χ0n) is 11.3. The van der Waals surface area contributed by atoms with Gasteiger partial charge in [0.25, 0.3) is 0 Å². The fourth-order valence-electron chi connectivity index (χ4n) is 1.95. The summed E-state index contributed by atoms with van der Waals surface area (Å²) in [5.41, 5.74) is -0.0369. The monoisotopic (exact) mass is 254 g/mol. The van der Waals surface area contributed by atoms with Crippen LogP contribution in [0.4, 0.5) is 6.01 Å². The van der Waals surface area contributed by atoms with Gasteiger partial charge in [0.1, 0.15) is 0 Å². The van der Waals surface area contributed by atoms with Crippen LogP contribution in [0.3, 0.4) is 0 Å². The van der Waals surface area contributed by atoms with Crippen molar-refractivity contribution in [3.63, 3.8) is 0 Å². The third-order valence-electron chi connectivity index (χ3n) is 3.39. The molecule has 1 aromatic heterocycles. The number of rotatable bonds is 7. The van der Waals surface area contributed by atoms with Gasteiger partial charge in [-0.25, -0.2) is 0 Å². The lowest BCUT2D eigenvalue weighted by Gasteiger charge is -2.40. The predicted octanol–water partition coefficient (Wildman–Crippen LogP) is 1.55. The number of hydrogen-bond donors (Lipinski definition) is 2. The van der Waals surface area contributed by atoms with Crippen LogP contribution in [0.15, 0.2) is 4.42 Å². The van der Waals surface area contributed by atoms with E-state index < -0.39 is 0 Å². The Morgan fingerprint density at radius 1 is 1.39 bits per heavy atom. The Morgan fingerprint density at radius 3 is 2.72 bits per heavy atom. The molecule has 2 N–H and O–H groups in total. The quantitative estimate of drug-likeness (QED) is 0.769. The first-order valence-corrected chi connectivity index (χ1v) is 6.48. The molecule has 0 bridgehead atoms. The Bertz CT molecular complexity index is 368. The second-order valence-electron chi connectivity index (χ2n) is 5.13. The number of nitrogens with one attached hydrogen (secondary N) is 2. The van der Waals surface area contributed by atoms with Crippen molar-refractivity contribution < 1.29 is 9.15 Å². The average molecular weight is 254 g/mol. The van der Waals surface area contributed by atoms with Crippen LogP contribution >= 0.6 is 0 Å². The molecule has 1 fully saturated rings. The molecule has 6 heteroatoms. The summed E-state index contributed by atoms with van der Waals surface area (Å²) in [6, 6.07) is 0.874. The van der Waals surface area contributed by atoms with Crippen LogP contribution in [-0.2, 0) is 11.3 Å². The second-order valence-corrected chi connectivity index (χ2v) is 5.13. The number of nitrogens with zero attached hydrogens (tertiary/aromatic N) is 2. The Morgan fingerprint density at radius 2 is 2.17 bits per heavy atom. The minimum Gasteiger partial charge on any atom is -0.407 e. The smallest absolute Gasteiger partial charge is 0.315 e. The van der Waals surface area contributed by atoms with Crippen LogP contribution in [0.2, 0.25) is 0 Å². The molecule has 6 nitrogen and oxygen atoms in total. The highest BCUT2D eigenvalue weighted by Crippen LogP contribution is 2.34. The van der Waals surface area contributed by atoms with E-state index >= 15 is 0 Å². The van der Waals surface area contributed by atoms with Gasteiger partial charge in [-0.1, -0.05) is 18.9 Å². The molecule has 0 saturated heterocycles. The summed E-state index contributed by atoms with van der Waals surface area (Å²) in [4.78, 5) is 0. The molecule has 0 unspecified atom stereocenters. The van der Waals surface area contributed by atoms with Crippen LogP contribution in [0.5, 0.6) is 0 Å². The van der Waals surface area contributed by atoms with Crippen molar-refractivity contribution in [2.45, 2.75) is 51.3 Å². The summed E-state index contributed by atoms with van der Waals surface area (Å²) in [6.07, 6.45) is 3.40. The van der Waals surface area contributed by atoms with Crippen LogP contribution in [0, 0.1) is 0 Å². The molecule has 0 atom stereocenters. The molecule has 102 valence electrons. The molecule has 0 spiro atoms. The van der Waals surface area contributed by atoms with Crippen molar-refractivity contribution in [1.82, 2.24) is 15.5 Å². The molecular formula is C12H22N4O2. The van der Waals surface area contributed by atoms with Gasteiger partial charge in [0, 0.05) is 19.7 Å². The fraction of sp³-hybridized carbons (Fsp3) is 0.833. The van der Waals surface area contributed by atoms with Gasteiger partial charge in [-0.3, -0.25) is 0 Å². The van der Waals surface area contributed by atoms with Gasteiger partial charge in [-0.2, -0.15) is 0 Å². The molecular weight excluding hydrogens is 232 g/mol. The number of aromatic nitrogens is 2. The zero-order valence-corrected chi connectivity index (χ0v) is 11.3. The van der Waals surface area contributed by atoms with Gasteiger partial charge in [-0.05, 0) is 19.3 Å². The van der Waals surface area contributed by atoms with Crippen LogP contribution in [0.25, 0.3) is 0 Å².